The van der Waals surface area contributed by atoms with Crippen LogP contribution in [-0.4, -0.2) is 99.6 Å². The lowest BCUT2D eigenvalue weighted by Gasteiger charge is -2.44. The van der Waals surface area contributed by atoms with Gasteiger partial charge in [-0.25, -0.2) is 19.1 Å². The summed E-state index contributed by atoms with van der Waals surface area (Å²) in [6.07, 6.45) is -13.7. The van der Waals surface area contributed by atoms with E-state index in [1.807, 2.05) is 0 Å². The average Bonchev–Trinajstić information content (AvgIpc) is 3.20. The van der Waals surface area contributed by atoms with Crippen LogP contribution in [0.3, 0.4) is 0 Å². The van der Waals surface area contributed by atoms with Gasteiger partial charge in [0.25, 0.3) is 5.91 Å². The molecule has 0 aliphatic rings. The predicted octanol–water partition coefficient (Wildman–Crippen LogP) is 12.3. The van der Waals surface area contributed by atoms with Crippen molar-refractivity contribution in [2.75, 3.05) is 25.6 Å². The lowest BCUT2D eigenvalue weighted by atomic mass is 9.88. The zero-order valence-corrected chi connectivity index (χ0v) is 36.3. The SMILES string of the molecule is CO[C@@H](/C(C)=C/C(=O)NO)[C@@H](OC(=O)Nc1ccc(F)cc1F)c1ccc(OCCO[Si](CCC(F)(F)C(F)(F)C(F)(F)C(F)(F)C(F)(F)C(F)(F)C(F)(F)C(F)(F)F)(C(C)C)C(C)C)cc1. The van der Waals surface area contributed by atoms with Gasteiger partial charge in [0.2, 0.25) is 0 Å². The maximum atomic E-state index is 15.0. The molecule has 2 rings (SSSR count). The number of anilines is 1. The number of carbonyl (C=O) groups is 2. The molecule has 29 heteroatoms. The molecule has 9 nitrogen and oxygen atoms in total. The number of hydroxylamine groups is 1. The minimum absolute atomic E-state index is 0.0316. The Hall–Kier alpha value is -4.51. The Morgan fingerprint density at radius 1 is 0.716 bits per heavy atom. The highest BCUT2D eigenvalue weighted by Crippen LogP contribution is 2.64. The van der Waals surface area contributed by atoms with Crippen LogP contribution in [0.1, 0.15) is 52.7 Å². The van der Waals surface area contributed by atoms with Crippen molar-refractivity contribution >= 4 is 26.0 Å². The molecule has 0 heterocycles. The molecule has 382 valence electrons. The van der Waals surface area contributed by atoms with Crippen molar-refractivity contribution in [3.05, 3.63) is 71.3 Å². The lowest BCUT2D eigenvalue weighted by Crippen LogP contribution is -2.74. The number of methoxy groups -OCH3 is 1. The Morgan fingerprint density at radius 3 is 1.66 bits per heavy atom. The summed E-state index contributed by atoms with van der Waals surface area (Å²) < 4.78 is 286. The molecule has 0 aliphatic carbocycles. The van der Waals surface area contributed by atoms with Gasteiger partial charge in [0.15, 0.2) is 14.4 Å². The number of alkyl halides is 17. The van der Waals surface area contributed by atoms with Crippen molar-refractivity contribution in [2.24, 2.45) is 0 Å². The van der Waals surface area contributed by atoms with E-state index in [1.165, 1.54) is 64.4 Å². The van der Waals surface area contributed by atoms with E-state index in [4.69, 9.17) is 23.8 Å². The van der Waals surface area contributed by atoms with E-state index in [2.05, 4.69) is 5.32 Å². The van der Waals surface area contributed by atoms with Crippen molar-refractivity contribution in [1.82, 2.24) is 5.48 Å². The average molecular weight is 1030 g/mol. The Kier molecular flexibility index (Phi) is 18.4. The first-order chi connectivity index (χ1) is 30.3. The smallest absolute Gasteiger partial charge is 0.460 e. The second-order valence-electron chi connectivity index (χ2n) is 15.3. The summed E-state index contributed by atoms with van der Waals surface area (Å²) in [5, 5.41) is 11.0. The summed E-state index contributed by atoms with van der Waals surface area (Å²) in [7, 11) is -2.96. The number of nitrogens with one attached hydrogen (secondary N) is 2. The Morgan fingerprint density at radius 2 is 1.21 bits per heavy atom. The van der Waals surface area contributed by atoms with Crippen molar-refractivity contribution < 1.29 is 117 Å². The fourth-order valence-electron chi connectivity index (χ4n) is 6.52. The van der Waals surface area contributed by atoms with Crippen LogP contribution in [-0.2, 0) is 18.7 Å². The first-order valence-electron chi connectivity index (χ1n) is 18.9. The molecule has 0 bridgehead atoms. The number of carbonyl (C=O) groups excluding carboxylic acids is 2. The van der Waals surface area contributed by atoms with Gasteiger partial charge in [-0.1, -0.05) is 39.8 Å². The van der Waals surface area contributed by atoms with Gasteiger partial charge < -0.3 is 18.6 Å². The molecule has 0 aromatic heterocycles. The second kappa shape index (κ2) is 21.0. The van der Waals surface area contributed by atoms with Gasteiger partial charge in [0.1, 0.15) is 30.1 Å². The summed E-state index contributed by atoms with van der Waals surface area (Å²) in [5.41, 5.74) is -0.927. The first kappa shape index (κ1) is 58.6. The summed E-state index contributed by atoms with van der Waals surface area (Å²) in [6.45, 7) is 5.25. The third-order valence-electron chi connectivity index (χ3n) is 10.4. The monoisotopic (exact) mass is 1030 g/mol. The molecule has 2 atom stereocenters. The van der Waals surface area contributed by atoms with Gasteiger partial charge in [-0.05, 0) is 59.5 Å². The highest BCUT2D eigenvalue weighted by Gasteiger charge is 2.95. The van der Waals surface area contributed by atoms with Crippen molar-refractivity contribution in [1.29, 1.82) is 0 Å². The number of halogens is 19. The molecule has 67 heavy (non-hydrogen) atoms. The number of ether oxygens (including phenoxy) is 3. The number of rotatable bonds is 23. The molecule has 0 spiro atoms. The molecular formula is C38H41F19N2O7Si. The molecule has 0 saturated carbocycles. The highest BCUT2D eigenvalue weighted by atomic mass is 28.4. The molecule has 0 fully saturated rings. The largest absolute Gasteiger partial charge is 0.491 e. The maximum absolute atomic E-state index is 15.0. The Bertz CT molecular complexity index is 2030. The van der Waals surface area contributed by atoms with E-state index in [1.54, 1.807) is 0 Å². The van der Waals surface area contributed by atoms with E-state index in [-0.39, 0.29) is 16.9 Å². The summed E-state index contributed by atoms with van der Waals surface area (Å²) in [4.78, 5) is 24.7. The van der Waals surface area contributed by atoms with Gasteiger partial charge in [-0.2, -0.15) is 74.6 Å². The zero-order chi connectivity index (χ0) is 52.2. The van der Waals surface area contributed by atoms with Crippen molar-refractivity contribution in [3.8, 4) is 5.75 Å². The topological polar surface area (TPSA) is 115 Å². The minimum Gasteiger partial charge on any atom is -0.491 e. The fraction of sp³-hybridized carbons (Fsp3) is 0.579. The molecule has 2 aromatic rings. The molecule has 3 N–H and O–H groups in total. The second-order valence-corrected chi connectivity index (χ2v) is 20.3. The van der Waals surface area contributed by atoms with E-state index < -0.39 is 134 Å². The minimum atomic E-state index is -8.73. The van der Waals surface area contributed by atoms with E-state index in [0.29, 0.717) is 6.07 Å². The van der Waals surface area contributed by atoms with Crippen LogP contribution in [0.5, 0.6) is 5.75 Å². The molecule has 0 aliphatic heterocycles. The molecule has 0 saturated heterocycles. The van der Waals surface area contributed by atoms with E-state index in [0.717, 1.165) is 25.3 Å². The van der Waals surface area contributed by atoms with Gasteiger partial charge in [0, 0.05) is 25.7 Å². The number of hydrogen-bond donors (Lipinski definition) is 3. The molecular weight excluding hydrogens is 985 g/mol. The summed E-state index contributed by atoms with van der Waals surface area (Å²) in [6, 6.07) is 5.75. The number of benzene rings is 2. The third-order valence-corrected chi connectivity index (χ3v) is 16.0. The van der Waals surface area contributed by atoms with Crippen LogP contribution < -0.4 is 15.5 Å². The maximum Gasteiger partial charge on any atom is 0.460 e. The van der Waals surface area contributed by atoms with E-state index >= 15 is 0 Å². The standard InChI is InChI=1S/C38H41F19N2O7Si/c1-19(2)67(20(3)4,16-13-31(41,42)32(43,44)33(45,46)34(47,48)35(49,50)36(51,52)37(53,54)38(55,56)57)65-15-14-64-24-10-7-22(8-11-24)29(28(63-6)21(5)17-27(60)59-62)66-30(61)58-26-12-9-23(39)18-25(26)40/h7-12,17-20,28-29,62H,13-16H2,1-6H3,(H,58,61)(H,59,60)/b21-17+/t28-,29-/m0/s1. The highest BCUT2D eigenvalue weighted by molar-refractivity contribution is 6.76. The predicted molar refractivity (Wildman–Crippen MR) is 198 cm³/mol. The molecule has 0 radical (unpaired) electrons. The van der Waals surface area contributed by atoms with Crippen LogP contribution in [0.15, 0.2) is 54.1 Å². The van der Waals surface area contributed by atoms with Crippen molar-refractivity contribution in [3.63, 3.8) is 0 Å². The molecule has 2 amide bonds. The number of amides is 2. The fourth-order valence-corrected chi connectivity index (χ4v) is 11.0. The van der Waals surface area contributed by atoms with Gasteiger partial charge in [-0.15, -0.1) is 0 Å². The Labute approximate surface area is 369 Å². The van der Waals surface area contributed by atoms with Crippen LogP contribution in [0, 0.1) is 11.6 Å². The molecule has 2 aromatic carbocycles. The van der Waals surface area contributed by atoms with Crippen LogP contribution in [0.25, 0.3) is 0 Å². The van der Waals surface area contributed by atoms with E-state index in [9.17, 15) is 93.0 Å². The van der Waals surface area contributed by atoms with Crippen LogP contribution in [0.4, 0.5) is 93.9 Å². The Balaban J connectivity index is 2.36. The summed E-state index contributed by atoms with van der Waals surface area (Å²) >= 11 is 0. The zero-order valence-electron chi connectivity index (χ0n) is 35.3. The lowest BCUT2D eigenvalue weighted by molar-refractivity contribution is -0.461. The molecule has 0 unspecified atom stereocenters. The third kappa shape index (κ3) is 11.7. The number of hydrogen-bond acceptors (Lipinski definition) is 7. The van der Waals surface area contributed by atoms with Crippen LogP contribution >= 0.6 is 0 Å². The van der Waals surface area contributed by atoms with Gasteiger partial charge in [0.05, 0.1) is 12.3 Å². The summed E-state index contributed by atoms with van der Waals surface area (Å²) in [5.74, 6) is -60.3. The van der Waals surface area contributed by atoms with Crippen LogP contribution in [0.2, 0.25) is 17.1 Å². The quantitative estimate of drug-likeness (QED) is 0.0254. The first-order valence-corrected chi connectivity index (χ1v) is 21.2. The van der Waals surface area contributed by atoms with Gasteiger partial charge in [-0.3, -0.25) is 15.3 Å². The van der Waals surface area contributed by atoms with Gasteiger partial charge >= 0.3 is 53.7 Å². The van der Waals surface area contributed by atoms with Crippen molar-refractivity contribution in [2.45, 2.75) is 118 Å². The normalized spacial score (nSPS) is 15.1.